The van der Waals surface area contributed by atoms with Crippen LogP contribution in [-0.4, -0.2) is 35.1 Å². The minimum Gasteiger partial charge on any atom is -0.316 e. The number of nitrogens with one attached hydrogen (secondary N) is 1. The summed E-state index contributed by atoms with van der Waals surface area (Å²) in [6.07, 6.45) is 1.93. The number of benzene rings is 1. The van der Waals surface area contributed by atoms with E-state index in [1.807, 2.05) is 24.9 Å². The Balaban J connectivity index is 2.13. The summed E-state index contributed by atoms with van der Waals surface area (Å²) in [6, 6.07) is 5.53. The first-order valence-corrected chi connectivity index (χ1v) is 9.89. The van der Waals surface area contributed by atoms with Crippen LogP contribution < -0.4 is 5.32 Å². The highest BCUT2D eigenvalue weighted by atomic mass is 79.9. The van der Waals surface area contributed by atoms with Gasteiger partial charge in [-0.25, -0.2) is 4.39 Å². The normalized spacial score (nSPS) is 24.6. The standard InChI is InChI=1S/C15H21BrFNS2/c1-3-14-15(20-7-6-19-14)13(18-2)9-10-8-11(16)4-5-12(10)17/h4-5,8,13-15,18H,3,6-7,9H2,1-2H3. The fourth-order valence-electron chi connectivity index (χ4n) is 2.63. The van der Waals surface area contributed by atoms with Crippen LogP contribution in [0.4, 0.5) is 4.39 Å². The SMILES string of the molecule is CCC1SCCSC1C(Cc1cc(Br)ccc1F)NC. The average molecular weight is 378 g/mol. The minimum atomic E-state index is -0.102. The summed E-state index contributed by atoms with van der Waals surface area (Å²) in [4.78, 5) is 0. The molecule has 3 unspecified atom stereocenters. The maximum Gasteiger partial charge on any atom is 0.126 e. The maximum absolute atomic E-state index is 14.0. The van der Waals surface area contributed by atoms with Gasteiger partial charge in [0.15, 0.2) is 0 Å². The second kappa shape index (κ2) is 8.06. The summed E-state index contributed by atoms with van der Waals surface area (Å²) in [5, 5.41) is 4.64. The molecule has 1 fully saturated rings. The second-order valence-electron chi connectivity index (χ2n) is 4.99. The summed E-state index contributed by atoms with van der Waals surface area (Å²) in [5.74, 6) is 2.33. The summed E-state index contributed by atoms with van der Waals surface area (Å²) in [5.41, 5.74) is 0.796. The van der Waals surface area contributed by atoms with Gasteiger partial charge in [-0.3, -0.25) is 0 Å². The number of rotatable bonds is 5. The molecule has 0 aliphatic carbocycles. The van der Waals surface area contributed by atoms with Gasteiger partial charge in [0.1, 0.15) is 5.82 Å². The molecule has 1 aromatic carbocycles. The van der Waals surface area contributed by atoms with Crippen LogP contribution in [0.3, 0.4) is 0 Å². The predicted octanol–water partition coefficient (Wildman–Crippen LogP) is 4.35. The van der Waals surface area contributed by atoms with Crippen LogP contribution in [0.5, 0.6) is 0 Å². The highest BCUT2D eigenvalue weighted by molar-refractivity contribution is 9.10. The van der Waals surface area contributed by atoms with Crippen molar-refractivity contribution in [1.82, 2.24) is 5.32 Å². The molecule has 20 heavy (non-hydrogen) atoms. The van der Waals surface area contributed by atoms with Gasteiger partial charge < -0.3 is 5.32 Å². The van der Waals surface area contributed by atoms with Crippen LogP contribution in [0.1, 0.15) is 18.9 Å². The molecular formula is C15H21BrFNS2. The number of thioether (sulfide) groups is 2. The monoisotopic (exact) mass is 377 g/mol. The molecule has 1 nitrogen and oxygen atoms in total. The molecular weight excluding hydrogens is 357 g/mol. The van der Waals surface area contributed by atoms with E-state index in [0.717, 1.165) is 16.5 Å². The van der Waals surface area contributed by atoms with Gasteiger partial charge in [0.2, 0.25) is 0 Å². The first-order chi connectivity index (χ1) is 9.65. The van der Waals surface area contributed by atoms with Crippen molar-refractivity contribution in [1.29, 1.82) is 0 Å². The third-order valence-electron chi connectivity index (χ3n) is 3.71. The zero-order valence-electron chi connectivity index (χ0n) is 11.9. The second-order valence-corrected chi connectivity index (χ2v) is 8.54. The Morgan fingerprint density at radius 2 is 2.15 bits per heavy atom. The molecule has 1 aliphatic rings. The van der Waals surface area contributed by atoms with Crippen molar-refractivity contribution in [2.75, 3.05) is 18.6 Å². The maximum atomic E-state index is 14.0. The number of hydrogen-bond donors (Lipinski definition) is 1. The number of likely N-dealkylation sites (N-methyl/N-ethyl adjacent to an activating group) is 1. The molecule has 2 rings (SSSR count). The van der Waals surface area contributed by atoms with Crippen LogP contribution in [0, 0.1) is 5.82 Å². The van der Waals surface area contributed by atoms with E-state index in [2.05, 4.69) is 39.9 Å². The molecule has 3 atom stereocenters. The largest absolute Gasteiger partial charge is 0.316 e. The van der Waals surface area contributed by atoms with Crippen molar-refractivity contribution in [2.24, 2.45) is 0 Å². The van der Waals surface area contributed by atoms with E-state index in [4.69, 9.17) is 0 Å². The Kier molecular flexibility index (Phi) is 6.72. The minimum absolute atomic E-state index is 0.102. The van der Waals surface area contributed by atoms with Gasteiger partial charge in [-0.15, -0.1) is 0 Å². The first-order valence-electron chi connectivity index (χ1n) is 7.00. The molecule has 0 amide bonds. The smallest absolute Gasteiger partial charge is 0.126 e. The fourth-order valence-corrected chi connectivity index (χ4v) is 6.34. The Hall–Kier alpha value is 0.290. The topological polar surface area (TPSA) is 12.0 Å². The van der Waals surface area contributed by atoms with E-state index in [1.165, 1.54) is 17.9 Å². The van der Waals surface area contributed by atoms with Crippen molar-refractivity contribution in [3.8, 4) is 0 Å². The molecule has 0 aromatic heterocycles. The van der Waals surface area contributed by atoms with Gasteiger partial charge in [-0.1, -0.05) is 22.9 Å². The lowest BCUT2D eigenvalue weighted by Gasteiger charge is -2.36. The first kappa shape index (κ1) is 16.7. The summed E-state index contributed by atoms with van der Waals surface area (Å²) in [6.45, 7) is 2.25. The summed E-state index contributed by atoms with van der Waals surface area (Å²) >= 11 is 7.54. The third-order valence-corrected chi connectivity index (χ3v) is 7.61. The Bertz CT molecular complexity index is 444. The molecule has 1 heterocycles. The van der Waals surface area contributed by atoms with Crippen LogP contribution in [-0.2, 0) is 6.42 Å². The van der Waals surface area contributed by atoms with Crippen molar-refractivity contribution in [3.63, 3.8) is 0 Å². The third kappa shape index (κ3) is 4.15. The molecule has 1 N–H and O–H groups in total. The van der Waals surface area contributed by atoms with Crippen molar-refractivity contribution >= 4 is 39.5 Å². The lowest BCUT2D eigenvalue weighted by atomic mass is 10.00. The quantitative estimate of drug-likeness (QED) is 0.818. The molecule has 5 heteroatoms. The van der Waals surface area contributed by atoms with E-state index >= 15 is 0 Å². The molecule has 0 saturated carbocycles. The van der Waals surface area contributed by atoms with E-state index < -0.39 is 0 Å². The molecule has 1 aromatic rings. The van der Waals surface area contributed by atoms with Crippen LogP contribution in [0.25, 0.3) is 0 Å². The van der Waals surface area contributed by atoms with Crippen LogP contribution >= 0.6 is 39.5 Å². The number of halogens is 2. The Morgan fingerprint density at radius 1 is 1.40 bits per heavy atom. The van der Waals surface area contributed by atoms with E-state index in [0.29, 0.717) is 16.5 Å². The Morgan fingerprint density at radius 3 is 2.85 bits per heavy atom. The highest BCUT2D eigenvalue weighted by Gasteiger charge is 2.31. The van der Waals surface area contributed by atoms with Crippen LogP contribution in [0.15, 0.2) is 22.7 Å². The summed E-state index contributed by atoms with van der Waals surface area (Å²) in [7, 11) is 1.99. The highest BCUT2D eigenvalue weighted by Crippen LogP contribution is 2.36. The lowest BCUT2D eigenvalue weighted by Crippen LogP contribution is -2.45. The Labute approximate surface area is 138 Å². The van der Waals surface area contributed by atoms with Gasteiger partial charge >= 0.3 is 0 Å². The summed E-state index contributed by atoms with van der Waals surface area (Å²) < 4.78 is 14.9. The van der Waals surface area contributed by atoms with Gasteiger partial charge in [0.25, 0.3) is 0 Å². The molecule has 112 valence electrons. The van der Waals surface area contributed by atoms with E-state index in [9.17, 15) is 4.39 Å². The average Bonchev–Trinajstić information content (AvgIpc) is 2.48. The van der Waals surface area contributed by atoms with Gasteiger partial charge in [-0.05, 0) is 43.7 Å². The van der Waals surface area contributed by atoms with Crippen molar-refractivity contribution in [3.05, 3.63) is 34.1 Å². The van der Waals surface area contributed by atoms with E-state index in [-0.39, 0.29) is 5.82 Å². The molecule has 0 spiro atoms. The van der Waals surface area contributed by atoms with Gasteiger partial charge in [0, 0.05) is 32.5 Å². The van der Waals surface area contributed by atoms with Crippen molar-refractivity contribution in [2.45, 2.75) is 36.3 Å². The fraction of sp³-hybridized carbons (Fsp3) is 0.600. The van der Waals surface area contributed by atoms with Gasteiger partial charge in [-0.2, -0.15) is 23.5 Å². The molecule has 1 aliphatic heterocycles. The van der Waals surface area contributed by atoms with Crippen molar-refractivity contribution < 1.29 is 4.39 Å². The zero-order chi connectivity index (χ0) is 14.5. The van der Waals surface area contributed by atoms with E-state index in [1.54, 1.807) is 12.1 Å². The van der Waals surface area contributed by atoms with Gasteiger partial charge in [0.05, 0.1) is 0 Å². The lowest BCUT2D eigenvalue weighted by molar-refractivity contribution is 0.503. The number of hydrogen-bond acceptors (Lipinski definition) is 3. The molecule has 0 bridgehead atoms. The van der Waals surface area contributed by atoms with Crippen LogP contribution in [0.2, 0.25) is 0 Å². The molecule has 1 saturated heterocycles. The predicted molar refractivity (Wildman–Crippen MR) is 93.4 cm³/mol. The molecule has 0 radical (unpaired) electrons. The zero-order valence-corrected chi connectivity index (χ0v) is 15.1.